The van der Waals surface area contributed by atoms with Crippen molar-refractivity contribution in [3.05, 3.63) is 17.8 Å². The number of rotatable bonds is 4. The lowest BCUT2D eigenvalue weighted by Gasteiger charge is -2.33. The highest BCUT2D eigenvalue weighted by Crippen LogP contribution is 2.23. The molecule has 0 saturated carbocycles. The highest BCUT2D eigenvalue weighted by Gasteiger charge is 2.22. The van der Waals surface area contributed by atoms with Gasteiger partial charge in [-0.05, 0) is 25.8 Å². The van der Waals surface area contributed by atoms with E-state index < -0.39 is 5.97 Å². The van der Waals surface area contributed by atoms with E-state index in [4.69, 9.17) is 15.2 Å². The third kappa shape index (κ3) is 3.19. The molecule has 2 heterocycles. The number of methoxy groups -OCH3 is 1. The second-order valence-electron chi connectivity index (χ2n) is 4.79. The van der Waals surface area contributed by atoms with Gasteiger partial charge in [-0.3, -0.25) is 0 Å². The summed E-state index contributed by atoms with van der Waals surface area (Å²) in [5.41, 5.74) is 6.45. The number of aromatic nitrogens is 1. The summed E-state index contributed by atoms with van der Waals surface area (Å²) < 4.78 is 10.4. The van der Waals surface area contributed by atoms with E-state index >= 15 is 0 Å². The van der Waals surface area contributed by atoms with Crippen LogP contribution in [0.15, 0.2) is 12.3 Å². The van der Waals surface area contributed by atoms with Gasteiger partial charge < -0.3 is 20.1 Å². The van der Waals surface area contributed by atoms with Crippen molar-refractivity contribution in [3.63, 3.8) is 0 Å². The van der Waals surface area contributed by atoms with Gasteiger partial charge in [0.05, 0.1) is 30.7 Å². The van der Waals surface area contributed by atoms with Crippen LogP contribution in [0, 0.1) is 0 Å². The van der Waals surface area contributed by atoms with E-state index in [-0.39, 0.29) is 6.10 Å². The molecule has 1 atom stereocenters. The molecule has 0 spiro atoms. The quantitative estimate of drug-likeness (QED) is 0.841. The van der Waals surface area contributed by atoms with E-state index in [0.717, 1.165) is 31.7 Å². The summed E-state index contributed by atoms with van der Waals surface area (Å²) in [4.78, 5) is 18.1. The SMILES string of the molecule is CCOC1CCCN(c2cc(C(=O)OC)c(N)cn2)C1. The van der Waals surface area contributed by atoms with Crippen LogP contribution in [0.2, 0.25) is 0 Å². The van der Waals surface area contributed by atoms with Gasteiger partial charge in [0.2, 0.25) is 0 Å². The zero-order valence-electron chi connectivity index (χ0n) is 12.0. The summed E-state index contributed by atoms with van der Waals surface area (Å²) in [6.07, 6.45) is 3.83. The Kier molecular flexibility index (Phi) is 4.79. The van der Waals surface area contributed by atoms with Crippen LogP contribution in [0.1, 0.15) is 30.1 Å². The van der Waals surface area contributed by atoms with Crippen LogP contribution in [-0.4, -0.2) is 43.9 Å². The molecule has 1 aromatic rings. The fourth-order valence-electron chi connectivity index (χ4n) is 2.43. The lowest BCUT2D eigenvalue weighted by atomic mass is 10.1. The molecule has 20 heavy (non-hydrogen) atoms. The number of anilines is 2. The topological polar surface area (TPSA) is 77.7 Å². The normalized spacial score (nSPS) is 18.9. The Bertz CT molecular complexity index is 477. The van der Waals surface area contributed by atoms with Crippen LogP contribution < -0.4 is 10.6 Å². The van der Waals surface area contributed by atoms with Gasteiger partial charge in [-0.2, -0.15) is 0 Å². The molecule has 0 bridgehead atoms. The first-order chi connectivity index (χ1) is 9.65. The third-order valence-electron chi connectivity index (χ3n) is 3.43. The average Bonchev–Trinajstić information content (AvgIpc) is 2.47. The zero-order valence-corrected chi connectivity index (χ0v) is 12.0. The standard InChI is InChI=1S/C14H21N3O3/c1-3-20-10-5-4-6-17(9-10)13-7-11(14(18)19-2)12(15)8-16-13/h7-8,10H,3-6,9,15H2,1-2H3. The van der Waals surface area contributed by atoms with E-state index in [9.17, 15) is 4.79 Å². The molecule has 6 heteroatoms. The van der Waals surface area contributed by atoms with Crippen molar-refractivity contribution in [3.8, 4) is 0 Å². The number of carbonyl (C=O) groups excluding carboxylic acids is 1. The van der Waals surface area contributed by atoms with Gasteiger partial charge in [0.1, 0.15) is 5.82 Å². The molecule has 1 saturated heterocycles. The molecular weight excluding hydrogens is 258 g/mol. The molecular formula is C14H21N3O3. The molecule has 0 aliphatic carbocycles. The minimum absolute atomic E-state index is 0.217. The van der Waals surface area contributed by atoms with Gasteiger partial charge in [0.15, 0.2) is 0 Å². The van der Waals surface area contributed by atoms with Gasteiger partial charge in [-0.15, -0.1) is 0 Å². The fraction of sp³-hybridized carbons (Fsp3) is 0.571. The van der Waals surface area contributed by atoms with Gasteiger partial charge in [0.25, 0.3) is 0 Å². The highest BCUT2D eigenvalue weighted by molar-refractivity contribution is 5.95. The molecule has 1 fully saturated rings. The summed E-state index contributed by atoms with van der Waals surface area (Å²) in [6.45, 7) is 4.39. The van der Waals surface area contributed by atoms with Crippen LogP contribution >= 0.6 is 0 Å². The number of nitrogen functional groups attached to an aromatic ring is 1. The summed E-state index contributed by atoms with van der Waals surface area (Å²) >= 11 is 0. The Hall–Kier alpha value is -1.82. The van der Waals surface area contributed by atoms with Gasteiger partial charge in [0, 0.05) is 19.7 Å². The minimum Gasteiger partial charge on any atom is -0.465 e. The average molecular weight is 279 g/mol. The number of ether oxygens (including phenoxy) is 2. The lowest BCUT2D eigenvalue weighted by molar-refractivity contribution is 0.0525. The van der Waals surface area contributed by atoms with Gasteiger partial charge in [-0.25, -0.2) is 9.78 Å². The summed E-state index contributed by atoms with van der Waals surface area (Å²) in [7, 11) is 1.34. The van der Waals surface area contributed by atoms with Crippen molar-refractivity contribution in [1.82, 2.24) is 4.98 Å². The van der Waals surface area contributed by atoms with Crippen LogP contribution in [-0.2, 0) is 9.47 Å². The van der Waals surface area contributed by atoms with Gasteiger partial charge >= 0.3 is 5.97 Å². The van der Waals surface area contributed by atoms with Crippen LogP contribution in [0.4, 0.5) is 11.5 Å². The van der Waals surface area contributed by atoms with Crippen molar-refractivity contribution < 1.29 is 14.3 Å². The highest BCUT2D eigenvalue weighted by atomic mass is 16.5. The number of hydrogen-bond acceptors (Lipinski definition) is 6. The molecule has 110 valence electrons. The van der Waals surface area contributed by atoms with Crippen molar-refractivity contribution in [2.24, 2.45) is 0 Å². The Labute approximate surface area is 118 Å². The Morgan fingerprint density at radius 2 is 2.40 bits per heavy atom. The number of nitrogens with two attached hydrogens (primary N) is 1. The first-order valence-corrected chi connectivity index (χ1v) is 6.86. The van der Waals surface area contributed by atoms with Crippen LogP contribution in [0.3, 0.4) is 0 Å². The molecule has 0 amide bonds. The zero-order chi connectivity index (χ0) is 14.5. The maximum absolute atomic E-state index is 11.7. The first-order valence-electron chi connectivity index (χ1n) is 6.86. The smallest absolute Gasteiger partial charge is 0.340 e. The van der Waals surface area contributed by atoms with Crippen molar-refractivity contribution in [1.29, 1.82) is 0 Å². The maximum Gasteiger partial charge on any atom is 0.340 e. The number of carbonyl (C=O) groups is 1. The minimum atomic E-state index is -0.440. The number of hydrogen-bond donors (Lipinski definition) is 1. The second kappa shape index (κ2) is 6.56. The molecule has 0 aromatic carbocycles. The maximum atomic E-state index is 11.7. The second-order valence-corrected chi connectivity index (χ2v) is 4.79. The predicted molar refractivity (Wildman–Crippen MR) is 76.8 cm³/mol. The number of nitrogens with zero attached hydrogens (tertiary/aromatic N) is 2. The van der Waals surface area contributed by atoms with Crippen molar-refractivity contribution >= 4 is 17.5 Å². The molecule has 6 nitrogen and oxygen atoms in total. The molecule has 1 unspecified atom stereocenters. The summed E-state index contributed by atoms with van der Waals surface area (Å²) in [6, 6.07) is 1.69. The first kappa shape index (κ1) is 14.6. The molecule has 1 aliphatic rings. The third-order valence-corrected chi connectivity index (χ3v) is 3.43. The fourth-order valence-corrected chi connectivity index (χ4v) is 2.43. The van der Waals surface area contributed by atoms with Crippen molar-refractivity contribution in [2.45, 2.75) is 25.9 Å². The van der Waals surface area contributed by atoms with E-state index in [1.807, 2.05) is 6.92 Å². The largest absolute Gasteiger partial charge is 0.465 e. The molecule has 2 N–H and O–H groups in total. The van der Waals surface area contributed by atoms with E-state index in [1.54, 1.807) is 6.07 Å². The number of esters is 1. The molecule has 1 aromatic heterocycles. The Balaban J connectivity index is 2.17. The van der Waals surface area contributed by atoms with Crippen molar-refractivity contribution in [2.75, 3.05) is 37.4 Å². The van der Waals surface area contributed by atoms with E-state index in [2.05, 4.69) is 9.88 Å². The van der Waals surface area contributed by atoms with Crippen LogP contribution in [0.25, 0.3) is 0 Å². The molecule has 2 rings (SSSR count). The number of piperidine rings is 1. The molecule has 0 radical (unpaired) electrons. The Morgan fingerprint density at radius 3 is 3.10 bits per heavy atom. The Morgan fingerprint density at radius 1 is 1.60 bits per heavy atom. The summed E-state index contributed by atoms with van der Waals surface area (Å²) in [5, 5.41) is 0. The van der Waals surface area contributed by atoms with E-state index in [0.29, 0.717) is 17.9 Å². The van der Waals surface area contributed by atoms with Crippen LogP contribution in [0.5, 0.6) is 0 Å². The number of pyridine rings is 1. The molecule has 1 aliphatic heterocycles. The monoisotopic (exact) mass is 279 g/mol. The van der Waals surface area contributed by atoms with E-state index in [1.165, 1.54) is 13.3 Å². The van der Waals surface area contributed by atoms with Gasteiger partial charge in [-0.1, -0.05) is 0 Å². The summed E-state index contributed by atoms with van der Waals surface area (Å²) in [5.74, 6) is 0.300. The lowest BCUT2D eigenvalue weighted by Crippen LogP contribution is -2.40. The predicted octanol–water partition coefficient (Wildman–Crippen LogP) is 1.46.